The maximum absolute atomic E-state index is 12.8. The van der Waals surface area contributed by atoms with Gasteiger partial charge >= 0.3 is 5.97 Å². The molecule has 1 amide bonds. The molecule has 1 aliphatic rings. The van der Waals surface area contributed by atoms with Gasteiger partial charge in [0.2, 0.25) is 0 Å². The van der Waals surface area contributed by atoms with E-state index in [1.54, 1.807) is 31.2 Å². The molecule has 1 unspecified atom stereocenters. The van der Waals surface area contributed by atoms with Crippen molar-refractivity contribution in [1.82, 2.24) is 0 Å². The Morgan fingerprint density at radius 1 is 0.968 bits per heavy atom. The number of para-hydroxylation sites is 1. The smallest absolute Gasteiger partial charge is 0.347 e. The summed E-state index contributed by atoms with van der Waals surface area (Å²) in [6.45, 7) is 5.85. The molecule has 5 heteroatoms. The zero-order valence-electron chi connectivity index (χ0n) is 18.8. The first-order valence-electron chi connectivity index (χ1n) is 11.4. The predicted octanol–water partition coefficient (Wildman–Crippen LogP) is 5.71. The van der Waals surface area contributed by atoms with Crippen molar-refractivity contribution in [1.29, 1.82) is 0 Å². The quantitative estimate of drug-likeness (QED) is 0.553. The molecule has 0 saturated heterocycles. The van der Waals surface area contributed by atoms with Crippen molar-refractivity contribution < 1.29 is 19.1 Å². The summed E-state index contributed by atoms with van der Waals surface area (Å²) in [5, 5.41) is 3.07. The van der Waals surface area contributed by atoms with Crippen LogP contribution in [0.4, 0.5) is 5.69 Å². The molecule has 3 rings (SSSR count). The Hall–Kier alpha value is -2.82. The van der Waals surface area contributed by atoms with Crippen LogP contribution in [-0.2, 0) is 22.4 Å². The third-order valence-electron chi connectivity index (χ3n) is 5.83. The molecule has 0 heterocycles. The van der Waals surface area contributed by atoms with Crippen molar-refractivity contribution in [3.8, 4) is 5.75 Å². The lowest BCUT2D eigenvalue weighted by molar-refractivity contribution is -0.158. The van der Waals surface area contributed by atoms with Gasteiger partial charge in [-0.1, -0.05) is 38.5 Å². The van der Waals surface area contributed by atoms with Crippen LogP contribution in [0.1, 0.15) is 74.4 Å². The molecule has 0 bridgehead atoms. The van der Waals surface area contributed by atoms with Gasteiger partial charge in [-0.3, -0.25) is 4.79 Å². The van der Waals surface area contributed by atoms with Crippen LogP contribution in [0.5, 0.6) is 5.75 Å². The second-order valence-electron chi connectivity index (χ2n) is 8.09. The molecule has 166 valence electrons. The fourth-order valence-corrected chi connectivity index (χ4v) is 3.97. The highest BCUT2D eigenvalue weighted by atomic mass is 16.6. The number of ether oxygens (including phenoxy) is 2. The number of nitrogens with one attached hydrogen (secondary N) is 1. The lowest BCUT2D eigenvalue weighted by Gasteiger charge is -2.23. The van der Waals surface area contributed by atoms with E-state index in [-0.39, 0.29) is 18.0 Å². The monoisotopic (exact) mass is 423 g/mol. The van der Waals surface area contributed by atoms with Crippen LogP contribution in [0.2, 0.25) is 0 Å². The Kier molecular flexibility index (Phi) is 8.10. The van der Waals surface area contributed by atoms with E-state index in [1.807, 2.05) is 18.2 Å². The van der Waals surface area contributed by atoms with Gasteiger partial charge in [0.15, 0.2) is 6.10 Å². The summed E-state index contributed by atoms with van der Waals surface area (Å²) >= 11 is 0. The fourth-order valence-electron chi connectivity index (χ4n) is 3.97. The van der Waals surface area contributed by atoms with Crippen molar-refractivity contribution in [3.63, 3.8) is 0 Å². The van der Waals surface area contributed by atoms with Gasteiger partial charge in [-0.05, 0) is 80.8 Å². The van der Waals surface area contributed by atoms with E-state index in [0.717, 1.165) is 55.3 Å². The van der Waals surface area contributed by atoms with Crippen molar-refractivity contribution in [3.05, 3.63) is 59.2 Å². The molecule has 1 aliphatic carbocycles. The van der Waals surface area contributed by atoms with Crippen LogP contribution in [0.3, 0.4) is 0 Å². The first-order valence-corrected chi connectivity index (χ1v) is 11.4. The van der Waals surface area contributed by atoms with Gasteiger partial charge in [-0.2, -0.15) is 0 Å². The Bertz CT molecular complexity index is 863. The highest BCUT2D eigenvalue weighted by Crippen LogP contribution is 2.24. The van der Waals surface area contributed by atoms with Gasteiger partial charge < -0.3 is 14.8 Å². The molecule has 1 N–H and O–H groups in total. The normalized spacial score (nSPS) is 15.2. The van der Waals surface area contributed by atoms with E-state index in [0.29, 0.717) is 11.3 Å². The van der Waals surface area contributed by atoms with Crippen LogP contribution in [0.15, 0.2) is 42.5 Å². The Balaban J connectivity index is 1.59. The average Bonchev–Trinajstić information content (AvgIpc) is 2.80. The molecular formula is C26H33NO4. The van der Waals surface area contributed by atoms with Crippen LogP contribution in [-0.4, -0.2) is 24.1 Å². The van der Waals surface area contributed by atoms with E-state index in [2.05, 4.69) is 19.2 Å². The second-order valence-corrected chi connectivity index (χ2v) is 8.09. The van der Waals surface area contributed by atoms with E-state index in [1.165, 1.54) is 6.42 Å². The molecular weight excluding hydrogens is 390 g/mol. The van der Waals surface area contributed by atoms with Gasteiger partial charge in [0.25, 0.3) is 5.91 Å². The SMILES string of the molecule is CCc1cccc(CC)c1NC(=O)c1ccc(OC(C)C(=O)OC2CCCCC2)cc1. The summed E-state index contributed by atoms with van der Waals surface area (Å²) in [6, 6.07) is 13.0. The Morgan fingerprint density at radius 2 is 1.58 bits per heavy atom. The minimum Gasteiger partial charge on any atom is -0.479 e. The number of carbonyl (C=O) groups excluding carboxylic acids is 2. The zero-order valence-corrected chi connectivity index (χ0v) is 18.8. The Morgan fingerprint density at radius 3 is 2.16 bits per heavy atom. The number of anilines is 1. The summed E-state index contributed by atoms with van der Waals surface area (Å²) < 4.78 is 11.3. The van der Waals surface area contributed by atoms with Gasteiger partial charge in [0.1, 0.15) is 11.9 Å². The molecule has 1 saturated carbocycles. The van der Waals surface area contributed by atoms with Gasteiger partial charge in [-0.15, -0.1) is 0 Å². The molecule has 0 aliphatic heterocycles. The zero-order chi connectivity index (χ0) is 22.2. The van der Waals surface area contributed by atoms with Gasteiger partial charge in [0.05, 0.1) is 0 Å². The molecule has 5 nitrogen and oxygen atoms in total. The predicted molar refractivity (Wildman–Crippen MR) is 123 cm³/mol. The number of hydrogen-bond acceptors (Lipinski definition) is 4. The number of hydrogen-bond donors (Lipinski definition) is 1. The van der Waals surface area contributed by atoms with E-state index >= 15 is 0 Å². The summed E-state index contributed by atoms with van der Waals surface area (Å²) in [7, 11) is 0. The summed E-state index contributed by atoms with van der Waals surface area (Å²) in [5.74, 6) is 0.0387. The van der Waals surface area contributed by atoms with Crippen molar-refractivity contribution in [2.24, 2.45) is 0 Å². The number of benzene rings is 2. The maximum atomic E-state index is 12.8. The van der Waals surface area contributed by atoms with E-state index in [4.69, 9.17) is 9.47 Å². The third kappa shape index (κ3) is 6.09. The molecule has 0 spiro atoms. The number of amides is 1. The number of aryl methyl sites for hydroxylation is 2. The summed E-state index contributed by atoms with van der Waals surface area (Å²) in [5.41, 5.74) is 3.69. The first-order chi connectivity index (χ1) is 15.0. The Labute approximate surface area is 185 Å². The van der Waals surface area contributed by atoms with Crippen molar-refractivity contribution in [2.75, 3.05) is 5.32 Å². The largest absolute Gasteiger partial charge is 0.479 e. The van der Waals surface area contributed by atoms with E-state index in [9.17, 15) is 9.59 Å². The second kappa shape index (κ2) is 11.0. The molecule has 0 radical (unpaired) electrons. The lowest BCUT2D eigenvalue weighted by Crippen LogP contribution is -2.31. The van der Waals surface area contributed by atoms with Crippen molar-refractivity contribution in [2.45, 2.75) is 77.9 Å². The van der Waals surface area contributed by atoms with Gasteiger partial charge in [-0.25, -0.2) is 4.79 Å². The number of carbonyl (C=O) groups is 2. The molecule has 1 fully saturated rings. The fraction of sp³-hybridized carbons (Fsp3) is 0.462. The topological polar surface area (TPSA) is 64.6 Å². The van der Waals surface area contributed by atoms with E-state index < -0.39 is 6.10 Å². The number of rotatable bonds is 8. The third-order valence-corrected chi connectivity index (χ3v) is 5.83. The highest BCUT2D eigenvalue weighted by Gasteiger charge is 2.23. The molecule has 1 atom stereocenters. The first kappa shape index (κ1) is 22.9. The minimum absolute atomic E-state index is 0.0115. The maximum Gasteiger partial charge on any atom is 0.347 e. The van der Waals surface area contributed by atoms with Crippen LogP contribution in [0, 0.1) is 0 Å². The summed E-state index contributed by atoms with van der Waals surface area (Å²) in [4.78, 5) is 25.1. The van der Waals surface area contributed by atoms with Crippen molar-refractivity contribution >= 4 is 17.6 Å². The highest BCUT2D eigenvalue weighted by molar-refractivity contribution is 6.05. The van der Waals surface area contributed by atoms with Gasteiger partial charge in [0, 0.05) is 11.3 Å². The number of esters is 1. The standard InChI is InChI=1S/C26H33NO4/c1-4-19-10-9-11-20(5-2)24(19)27-25(28)21-14-16-23(17-15-21)30-18(3)26(29)31-22-12-7-6-8-13-22/h9-11,14-18,22H,4-8,12-13H2,1-3H3,(H,27,28). The van der Waals surface area contributed by atoms with Crippen LogP contribution < -0.4 is 10.1 Å². The molecule has 2 aromatic carbocycles. The molecule has 2 aromatic rings. The lowest BCUT2D eigenvalue weighted by atomic mass is 9.98. The molecule has 31 heavy (non-hydrogen) atoms. The van der Waals surface area contributed by atoms with Crippen LogP contribution >= 0.6 is 0 Å². The molecule has 0 aromatic heterocycles. The van der Waals surface area contributed by atoms with Crippen LogP contribution in [0.25, 0.3) is 0 Å². The minimum atomic E-state index is -0.690. The average molecular weight is 424 g/mol. The summed E-state index contributed by atoms with van der Waals surface area (Å²) in [6.07, 6.45) is 6.33.